The lowest BCUT2D eigenvalue weighted by atomic mass is 9.70. The molecule has 1 unspecified atom stereocenters. The lowest BCUT2D eigenvalue weighted by molar-refractivity contribution is 0.183. The number of aromatic nitrogens is 1. The van der Waals surface area contributed by atoms with E-state index in [-0.39, 0.29) is 0 Å². The molecule has 1 aliphatic carbocycles. The van der Waals surface area contributed by atoms with Gasteiger partial charge in [-0.25, -0.2) is 4.98 Å². The Morgan fingerprint density at radius 3 is 2.88 bits per heavy atom. The minimum Gasteiger partial charge on any atom is -0.365 e. The van der Waals surface area contributed by atoms with Gasteiger partial charge in [0.25, 0.3) is 0 Å². The first-order valence-corrected chi connectivity index (χ1v) is 7.04. The third-order valence-corrected chi connectivity index (χ3v) is 5.31. The minimum atomic E-state index is 0.474. The molecule has 0 spiro atoms. The normalized spacial score (nSPS) is 20.6. The molecule has 0 bridgehead atoms. The molecule has 0 aromatic carbocycles. The van der Waals surface area contributed by atoms with Crippen molar-refractivity contribution in [1.82, 2.24) is 4.98 Å². The van der Waals surface area contributed by atoms with Crippen LogP contribution < -0.4 is 5.32 Å². The van der Waals surface area contributed by atoms with Crippen LogP contribution in [-0.4, -0.2) is 12.0 Å². The van der Waals surface area contributed by atoms with Crippen LogP contribution in [0.1, 0.15) is 44.2 Å². The number of fused-ring (bicyclic) bond motifs is 1. The van der Waals surface area contributed by atoms with E-state index in [1.807, 2.05) is 18.4 Å². The zero-order chi connectivity index (χ0) is 11.8. The number of aryl methyl sites for hydroxylation is 1. The van der Waals surface area contributed by atoms with E-state index in [9.17, 15) is 0 Å². The van der Waals surface area contributed by atoms with E-state index in [2.05, 4.69) is 31.1 Å². The van der Waals surface area contributed by atoms with Gasteiger partial charge in [0.1, 0.15) is 0 Å². The molecule has 2 nitrogen and oxygen atoms in total. The third-order valence-electron chi connectivity index (χ3n) is 4.17. The molecule has 0 radical (unpaired) electrons. The maximum Gasteiger partial charge on any atom is 0.182 e. The summed E-state index contributed by atoms with van der Waals surface area (Å²) in [4.78, 5) is 6.13. The SMILES string of the molecule is CCC(C)(C)C1CCc2nc(NC)sc2C1. The molecule has 1 atom stereocenters. The first kappa shape index (κ1) is 11.9. The van der Waals surface area contributed by atoms with Gasteiger partial charge in [0.15, 0.2) is 5.13 Å². The number of nitrogens with one attached hydrogen (secondary N) is 1. The van der Waals surface area contributed by atoms with Crippen molar-refractivity contribution in [2.75, 3.05) is 12.4 Å². The Balaban J connectivity index is 2.17. The highest BCUT2D eigenvalue weighted by molar-refractivity contribution is 7.15. The van der Waals surface area contributed by atoms with Gasteiger partial charge in [-0.15, -0.1) is 11.3 Å². The molecule has 1 aromatic rings. The summed E-state index contributed by atoms with van der Waals surface area (Å²) in [5, 5.41) is 4.24. The fourth-order valence-electron chi connectivity index (χ4n) is 2.44. The highest BCUT2D eigenvalue weighted by Gasteiger charge is 2.32. The fraction of sp³-hybridized carbons (Fsp3) is 0.769. The summed E-state index contributed by atoms with van der Waals surface area (Å²) < 4.78 is 0. The summed E-state index contributed by atoms with van der Waals surface area (Å²) in [7, 11) is 1.96. The summed E-state index contributed by atoms with van der Waals surface area (Å²) in [5.41, 5.74) is 1.82. The molecule has 90 valence electrons. The second-order valence-corrected chi connectivity index (χ2v) is 6.50. The zero-order valence-electron chi connectivity index (χ0n) is 10.8. The fourth-order valence-corrected chi connectivity index (χ4v) is 3.48. The van der Waals surface area contributed by atoms with Gasteiger partial charge in [-0.1, -0.05) is 27.2 Å². The summed E-state index contributed by atoms with van der Waals surface area (Å²) in [6.45, 7) is 7.12. The maximum atomic E-state index is 4.62. The van der Waals surface area contributed by atoms with E-state index in [1.165, 1.54) is 36.3 Å². The van der Waals surface area contributed by atoms with Crippen LogP contribution in [0, 0.1) is 11.3 Å². The quantitative estimate of drug-likeness (QED) is 0.868. The van der Waals surface area contributed by atoms with Crippen molar-refractivity contribution in [3.05, 3.63) is 10.6 Å². The zero-order valence-corrected chi connectivity index (χ0v) is 11.6. The third kappa shape index (κ3) is 2.10. The number of thiazole rings is 1. The number of anilines is 1. The van der Waals surface area contributed by atoms with E-state index in [0.29, 0.717) is 5.41 Å². The Bertz CT molecular complexity index is 368. The first-order valence-electron chi connectivity index (χ1n) is 6.23. The smallest absolute Gasteiger partial charge is 0.182 e. The summed E-state index contributed by atoms with van der Waals surface area (Å²) in [5.74, 6) is 0.829. The Morgan fingerprint density at radius 2 is 2.25 bits per heavy atom. The van der Waals surface area contributed by atoms with E-state index in [4.69, 9.17) is 0 Å². The van der Waals surface area contributed by atoms with Gasteiger partial charge in [-0.05, 0) is 30.6 Å². The molecule has 0 saturated carbocycles. The van der Waals surface area contributed by atoms with Gasteiger partial charge in [-0.3, -0.25) is 0 Å². The minimum absolute atomic E-state index is 0.474. The van der Waals surface area contributed by atoms with Crippen molar-refractivity contribution in [3.63, 3.8) is 0 Å². The van der Waals surface area contributed by atoms with E-state index in [0.717, 1.165) is 11.0 Å². The van der Waals surface area contributed by atoms with Gasteiger partial charge in [0.05, 0.1) is 5.69 Å². The van der Waals surface area contributed by atoms with Crippen LogP contribution in [0.4, 0.5) is 5.13 Å². The van der Waals surface area contributed by atoms with Crippen LogP contribution in [0.2, 0.25) is 0 Å². The standard InChI is InChI=1S/C13H22N2S/c1-5-13(2,3)9-6-7-10-11(8-9)16-12(14-4)15-10/h9H,5-8H2,1-4H3,(H,14,15). The van der Waals surface area contributed by atoms with Crippen LogP contribution in [0.5, 0.6) is 0 Å². The average Bonchev–Trinajstić information content (AvgIpc) is 2.70. The van der Waals surface area contributed by atoms with Crippen molar-refractivity contribution in [2.24, 2.45) is 11.3 Å². The first-order chi connectivity index (χ1) is 7.56. The monoisotopic (exact) mass is 238 g/mol. The van der Waals surface area contributed by atoms with Crippen molar-refractivity contribution >= 4 is 16.5 Å². The molecule has 1 heterocycles. The topological polar surface area (TPSA) is 24.9 Å². The molecule has 16 heavy (non-hydrogen) atoms. The molecule has 1 aliphatic rings. The van der Waals surface area contributed by atoms with Gasteiger partial charge in [0, 0.05) is 11.9 Å². The molecule has 0 fully saturated rings. The second-order valence-electron chi connectivity index (χ2n) is 5.42. The summed E-state index contributed by atoms with van der Waals surface area (Å²) in [6, 6.07) is 0. The predicted octanol–water partition coefficient (Wildman–Crippen LogP) is 3.73. The Morgan fingerprint density at radius 1 is 1.50 bits per heavy atom. The second kappa shape index (κ2) is 4.36. The molecular formula is C13H22N2S. The van der Waals surface area contributed by atoms with Gasteiger partial charge in [0.2, 0.25) is 0 Å². The van der Waals surface area contributed by atoms with Gasteiger partial charge < -0.3 is 5.32 Å². The van der Waals surface area contributed by atoms with Crippen LogP contribution in [0.15, 0.2) is 0 Å². The molecule has 3 heteroatoms. The number of rotatable bonds is 3. The molecule has 1 aromatic heterocycles. The van der Waals surface area contributed by atoms with Crippen LogP contribution >= 0.6 is 11.3 Å². The summed E-state index contributed by atoms with van der Waals surface area (Å²) >= 11 is 1.84. The summed E-state index contributed by atoms with van der Waals surface area (Å²) in [6.07, 6.45) is 4.97. The lowest BCUT2D eigenvalue weighted by Gasteiger charge is -2.35. The highest BCUT2D eigenvalue weighted by atomic mass is 32.1. The largest absolute Gasteiger partial charge is 0.365 e. The molecule has 1 N–H and O–H groups in total. The van der Waals surface area contributed by atoms with E-state index < -0.39 is 0 Å². The molecular weight excluding hydrogens is 216 g/mol. The predicted molar refractivity (Wildman–Crippen MR) is 71.2 cm³/mol. The Labute approximate surface area is 102 Å². The number of hydrogen-bond acceptors (Lipinski definition) is 3. The molecule has 0 amide bonds. The van der Waals surface area contributed by atoms with Gasteiger partial charge in [-0.2, -0.15) is 0 Å². The molecule has 2 rings (SSSR count). The van der Waals surface area contributed by atoms with Crippen LogP contribution in [0.25, 0.3) is 0 Å². The van der Waals surface area contributed by atoms with Crippen LogP contribution in [0.3, 0.4) is 0 Å². The van der Waals surface area contributed by atoms with Crippen molar-refractivity contribution < 1.29 is 0 Å². The van der Waals surface area contributed by atoms with Crippen molar-refractivity contribution in [2.45, 2.75) is 46.5 Å². The molecule has 0 saturated heterocycles. The van der Waals surface area contributed by atoms with E-state index in [1.54, 1.807) is 0 Å². The number of nitrogens with zero attached hydrogens (tertiary/aromatic N) is 1. The lowest BCUT2D eigenvalue weighted by Crippen LogP contribution is -2.28. The Hall–Kier alpha value is -0.570. The molecule has 0 aliphatic heterocycles. The van der Waals surface area contributed by atoms with E-state index >= 15 is 0 Å². The van der Waals surface area contributed by atoms with Gasteiger partial charge >= 0.3 is 0 Å². The van der Waals surface area contributed by atoms with Crippen LogP contribution in [-0.2, 0) is 12.8 Å². The average molecular weight is 238 g/mol. The van der Waals surface area contributed by atoms with Crippen molar-refractivity contribution in [3.8, 4) is 0 Å². The maximum absolute atomic E-state index is 4.62. The number of hydrogen-bond donors (Lipinski definition) is 1. The highest BCUT2D eigenvalue weighted by Crippen LogP contribution is 2.41. The Kier molecular flexibility index (Phi) is 3.24. The van der Waals surface area contributed by atoms with Crippen molar-refractivity contribution in [1.29, 1.82) is 0 Å².